The van der Waals surface area contributed by atoms with Crippen molar-refractivity contribution in [1.29, 1.82) is 0 Å². The molecule has 2 atom stereocenters. The molecule has 0 spiro atoms. The van der Waals surface area contributed by atoms with Crippen LogP contribution in [-0.2, 0) is 23.9 Å². The summed E-state index contributed by atoms with van der Waals surface area (Å²) in [4.78, 5) is 49.3. The molecule has 2 amide bonds. The normalized spacial score (nSPS) is 18.9. The van der Waals surface area contributed by atoms with Crippen molar-refractivity contribution in [2.75, 3.05) is 13.2 Å². The number of carbonyl (C=O) groups is 4. The Labute approximate surface area is 184 Å². The van der Waals surface area contributed by atoms with Crippen LogP contribution >= 0.6 is 0 Å². The largest absolute Gasteiger partial charge is 0.466 e. The zero-order valence-corrected chi connectivity index (χ0v) is 20.1. The second kappa shape index (κ2) is 9.74. The molecule has 1 fully saturated rings. The van der Waals surface area contributed by atoms with Gasteiger partial charge in [-0.2, -0.15) is 0 Å². The average molecular weight is 449 g/mol. The van der Waals surface area contributed by atoms with Crippen LogP contribution in [0.5, 0.6) is 0 Å². The van der Waals surface area contributed by atoms with E-state index < -0.39 is 38.7 Å². The van der Waals surface area contributed by atoms with Gasteiger partial charge in [-0.1, -0.05) is 52.1 Å². The molecule has 0 aromatic heterocycles. The van der Waals surface area contributed by atoms with Gasteiger partial charge in [0.25, 0.3) is 5.91 Å². The fourth-order valence-corrected chi connectivity index (χ4v) is 5.41. The highest BCUT2D eigenvalue weighted by Gasteiger charge is 2.58. The monoisotopic (exact) mass is 448 g/mol. The van der Waals surface area contributed by atoms with Crippen LogP contribution in [0, 0.1) is 0 Å². The van der Waals surface area contributed by atoms with Crippen molar-refractivity contribution in [3.63, 3.8) is 0 Å². The van der Waals surface area contributed by atoms with Crippen LogP contribution in [0.1, 0.15) is 44.5 Å². The smallest absolute Gasteiger partial charge is 0.313 e. The Morgan fingerprint density at radius 1 is 1.13 bits per heavy atom. The van der Waals surface area contributed by atoms with Crippen molar-refractivity contribution in [3.05, 3.63) is 35.9 Å². The first kappa shape index (κ1) is 24.7. The maximum absolute atomic E-state index is 13.0. The van der Waals surface area contributed by atoms with Crippen LogP contribution in [0.15, 0.2) is 30.3 Å². The van der Waals surface area contributed by atoms with E-state index in [4.69, 9.17) is 9.47 Å². The third-order valence-electron chi connectivity index (χ3n) is 5.87. The lowest BCUT2D eigenvalue weighted by Gasteiger charge is -2.57. The van der Waals surface area contributed by atoms with E-state index >= 15 is 0 Å². The predicted octanol–water partition coefficient (Wildman–Crippen LogP) is 2.50. The molecule has 0 aliphatic carbocycles. The highest BCUT2D eigenvalue weighted by atomic mass is 28.3. The van der Waals surface area contributed by atoms with Gasteiger partial charge in [-0.25, -0.2) is 0 Å². The summed E-state index contributed by atoms with van der Waals surface area (Å²) in [6.45, 7) is 11.8. The second-order valence-corrected chi connectivity index (χ2v) is 14.2. The van der Waals surface area contributed by atoms with Gasteiger partial charge in [0.15, 0.2) is 26.3 Å². The van der Waals surface area contributed by atoms with Gasteiger partial charge >= 0.3 is 5.97 Å². The SMILES string of the molecule is CCOC(=O)CC(=O)CO[C@@H]1[C@@H](NC(=O)c2ccccc2)C(=O)N1[Si](C)(C)C(C)(C)C. The van der Waals surface area contributed by atoms with Gasteiger partial charge in [-0.3, -0.25) is 19.2 Å². The molecule has 0 unspecified atom stereocenters. The zero-order chi connectivity index (χ0) is 23.4. The number of ether oxygens (including phenoxy) is 2. The Balaban J connectivity index is 2.16. The molecular formula is C22H32N2O6Si. The molecule has 2 rings (SSSR count). The number of nitrogens with zero attached hydrogens (tertiary/aromatic N) is 1. The van der Waals surface area contributed by atoms with Crippen LogP contribution in [0.2, 0.25) is 18.1 Å². The first-order valence-corrected chi connectivity index (χ1v) is 13.3. The fraction of sp³-hybridized carbons (Fsp3) is 0.545. The Hall–Kier alpha value is -2.52. The number of hydrogen-bond donors (Lipinski definition) is 1. The average Bonchev–Trinajstić information content (AvgIpc) is 2.68. The van der Waals surface area contributed by atoms with Gasteiger partial charge in [0.2, 0.25) is 5.91 Å². The topological polar surface area (TPSA) is 102 Å². The van der Waals surface area contributed by atoms with Crippen molar-refractivity contribution >= 4 is 31.8 Å². The molecule has 1 heterocycles. The second-order valence-electron chi connectivity index (χ2n) is 9.06. The minimum atomic E-state index is -2.33. The van der Waals surface area contributed by atoms with Crippen molar-refractivity contribution in [1.82, 2.24) is 9.88 Å². The third kappa shape index (κ3) is 5.59. The number of carbonyl (C=O) groups excluding carboxylic acids is 4. The number of ketones is 1. The zero-order valence-electron chi connectivity index (χ0n) is 19.1. The Morgan fingerprint density at radius 2 is 1.74 bits per heavy atom. The van der Waals surface area contributed by atoms with Crippen LogP contribution in [0.4, 0.5) is 0 Å². The van der Waals surface area contributed by atoms with E-state index in [1.54, 1.807) is 41.8 Å². The highest BCUT2D eigenvalue weighted by Crippen LogP contribution is 2.43. The number of esters is 1. The van der Waals surface area contributed by atoms with E-state index in [2.05, 4.69) is 39.2 Å². The van der Waals surface area contributed by atoms with Crippen LogP contribution in [-0.4, -0.2) is 61.9 Å². The lowest BCUT2D eigenvalue weighted by Crippen LogP contribution is -2.79. The quantitative estimate of drug-likeness (QED) is 0.270. The van der Waals surface area contributed by atoms with E-state index in [1.165, 1.54) is 0 Å². The third-order valence-corrected chi connectivity index (χ3v) is 11.2. The van der Waals surface area contributed by atoms with Gasteiger partial charge < -0.3 is 19.4 Å². The van der Waals surface area contributed by atoms with Crippen LogP contribution in [0.3, 0.4) is 0 Å². The molecule has 31 heavy (non-hydrogen) atoms. The maximum atomic E-state index is 13.0. The Kier molecular flexibility index (Phi) is 7.77. The lowest BCUT2D eigenvalue weighted by molar-refractivity contribution is -0.172. The molecule has 1 saturated heterocycles. The van der Waals surface area contributed by atoms with Gasteiger partial charge in [-0.05, 0) is 24.1 Å². The summed E-state index contributed by atoms with van der Waals surface area (Å²) in [6, 6.07) is 7.69. The first-order chi connectivity index (χ1) is 14.4. The fourth-order valence-electron chi connectivity index (χ4n) is 3.14. The van der Waals surface area contributed by atoms with Crippen LogP contribution in [0.25, 0.3) is 0 Å². The number of hydrogen-bond acceptors (Lipinski definition) is 6. The molecule has 1 N–H and O–H groups in total. The number of rotatable bonds is 9. The maximum Gasteiger partial charge on any atom is 0.313 e. The molecule has 1 aliphatic heterocycles. The molecule has 1 aromatic carbocycles. The number of amides is 2. The summed E-state index contributed by atoms with van der Waals surface area (Å²) in [5.74, 6) is -1.67. The van der Waals surface area contributed by atoms with Gasteiger partial charge in [0.1, 0.15) is 13.0 Å². The van der Waals surface area contributed by atoms with E-state index in [0.29, 0.717) is 5.56 Å². The number of β-lactam (4-membered cyclic amide) rings is 1. The summed E-state index contributed by atoms with van der Waals surface area (Å²) < 4.78 is 12.3. The highest BCUT2D eigenvalue weighted by molar-refractivity contribution is 6.80. The van der Waals surface area contributed by atoms with Gasteiger partial charge in [-0.15, -0.1) is 0 Å². The molecule has 0 radical (unpaired) electrons. The minimum Gasteiger partial charge on any atom is -0.466 e. The lowest BCUT2D eigenvalue weighted by atomic mass is 10.1. The van der Waals surface area contributed by atoms with Crippen molar-refractivity contribution in [2.24, 2.45) is 0 Å². The molecule has 8 nitrogen and oxygen atoms in total. The van der Waals surface area contributed by atoms with Crippen LogP contribution < -0.4 is 5.32 Å². The summed E-state index contributed by atoms with van der Waals surface area (Å²) in [6.07, 6.45) is -1.16. The van der Waals surface area contributed by atoms with E-state index in [9.17, 15) is 19.2 Å². The van der Waals surface area contributed by atoms with Crippen molar-refractivity contribution in [2.45, 2.75) is 64.5 Å². The molecule has 170 valence electrons. The van der Waals surface area contributed by atoms with E-state index in [-0.39, 0.29) is 30.1 Å². The summed E-state index contributed by atoms with van der Waals surface area (Å²) >= 11 is 0. The molecule has 1 aliphatic rings. The summed E-state index contributed by atoms with van der Waals surface area (Å²) in [5, 5.41) is 2.58. The predicted molar refractivity (Wildman–Crippen MR) is 118 cm³/mol. The molecule has 9 heteroatoms. The Morgan fingerprint density at radius 3 is 2.29 bits per heavy atom. The molecule has 1 aromatic rings. The van der Waals surface area contributed by atoms with E-state index in [1.807, 2.05) is 0 Å². The standard InChI is InChI=1S/C22H32N2O6Si/c1-7-29-17(26)13-16(25)14-30-21-18(23-19(27)15-11-9-8-10-12-15)20(28)24(21)31(5,6)22(2,3)4/h8-12,18,21H,7,13-14H2,1-6H3,(H,23,27)/t18-,21+/m0/s1. The van der Waals surface area contributed by atoms with Gasteiger partial charge in [0, 0.05) is 5.56 Å². The number of Topliss-reactive ketones (excluding diaryl/α,β-unsaturated/α-hetero) is 1. The van der Waals surface area contributed by atoms with Crippen molar-refractivity contribution in [3.8, 4) is 0 Å². The van der Waals surface area contributed by atoms with Crippen molar-refractivity contribution < 1.29 is 28.7 Å². The molecule has 0 bridgehead atoms. The molecular weight excluding hydrogens is 416 g/mol. The number of benzene rings is 1. The summed E-state index contributed by atoms with van der Waals surface area (Å²) in [5.41, 5.74) is 0.429. The Bertz CT molecular complexity index is 834. The van der Waals surface area contributed by atoms with E-state index in [0.717, 1.165) is 0 Å². The van der Waals surface area contributed by atoms with Gasteiger partial charge in [0.05, 0.1) is 6.61 Å². The minimum absolute atomic E-state index is 0.159. The molecule has 0 saturated carbocycles. The summed E-state index contributed by atoms with van der Waals surface area (Å²) in [7, 11) is -2.33. The number of nitrogens with one attached hydrogen (secondary N) is 1. The first-order valence-electron chi connectivity index (χ1n) is 10.4.